The van der Waals surface area contributed by atoms with Gasteiger partial charge in [-0.15, -0.1) is 0 Å². The van der Waals surface area contributed by atoms with E-state index in [-0.39, 0.29) is 11.1 Å². The molecule has 2 saturated carbocycles. The molecule has 0 spiro atoms. The smallest absolute Gasteiger partial charge is 0.221 e. The molecule has 0 amide bonds. The van der Waals surface area contributed by atoms with Crippen molar-refractivity contribution in [1.82, 2.24) is 34.5 Å². The zero-order chi connectivity index (χ0) is 28.5. The minimum atomic E-state index is -0.581. The fraction of sp³-hybridized carbons (Fsp3) is 0.357. The van der Waals surface area contributed by atoms with Crippen LogP contribution in [0, 0.1) is 5.82 Å². The number of nitrogen functional groups attached to an aromatic ring is 2. The molecule has 212 valence electrons. The molecule has 0 bridgehead atoms. The highest BCUT2D eigenvalue weighted by atomic mass is 35.5. The number of anilines is 3. The third-order valence-electron chi connectivity index (χ3n) is 7.76. The van der Waals surface area contributed by atoms with Crippen LogP contribution in [0.1, 0.15) is 57.4 Å². The maximum Gasteiger partial charge on any atom is 0.221 e. The number of nitrogens with zero attached hydrogens (tertiary/aromatic N) is 7. The van der Waals surface area contributed by atoms with Crippen molar-refractivity contribution in [3.05, 3.63) is 53.0 Å². The van der Waals surface area contributed by atoms with Crippen molar-refractivity contribution in [2.75, 3.05) is 16.8 Å². The molecular formula is C28H29Cl2FN10. The number of hydrogen-bond acceptors (Lipinski definition) is 9. The molecule has 13 heteroatoms. The van der Waals surface area contributed by atoms with E-state index in [1.165, 1.54) is 38.1 Å². The van der Waals surface area contributed by atoms with Gasteiger partial charge in [0, 0.05) is 58.8 Å². The highest BCUT2D eigenvalue weighted by Gasteiger charge is 2.25. The lowest BCUT2D eigenvalue weighted by Gasteiger charge is -2.16. The first-order valence-corrected chi connectivity index (χ1v) is 14.4. The highest BCUT2D eigenvalue weighted by molar-refractivity contribution is 6.35. The number of halogens is 3. The van der Waals surface area contributed by atoms with Crippen molar-refractivity contribution < 1.29 is 4.39 Å². The highest BCUT2D eigenvalue weighted by Crippen LogP contribution is 2.39. The molecule has 7 rings (SSSR count). The minimum Gasteiger partial charge on any atom is -0.368 e. The topological polar surface area (TPSA) is 146 Å². The monoisotopic (exact) mass is 594 g/mol. The van der Waals surface area contributed by atoms with Gasteiger partial charge in [-0.3, -0.25) is 0 Å². The van der Waals surface area contributed by atoms with Crippen LogP contribution >= 0.6 is 23.2 Å². The molecule has 0 atom stereocenters. The van der Waals surface area contributed by atoms with Crippen molar-refractivity contribution in [2.24, 2.45) is 0 Å². The second-order valence-corrected chi connectivity index (χ2v) is 11.1. The molecule has 2 aliphatic carbocycles. The van der Waals surface area contributed by atoms with Crippen molar-refractivity contribution in [1.29, 1.82) is 0 Å². The first-order valence-electron chi connectivity index (χ1n) is 13.7. The maximum absolute atomic E-state index is 14.2. The predicted molar refractivity (Wildman–Crippen MR) is 160 cm³/mol. The maximum atomic E-state index is 14.2. The molecule has 0 aliphatic heterocycles. The van der Waals surface area contributed by atoms with Crippen molar-refractivity contribution >= 4 is 62.9 Å². The van der Waals surface area contributed by atoms with Crippen molar-refractivity contribution in [3.63, 3.8) is 0 Å². The molecule has 0 aromatic carbocycles. The summed E-state index contributed by atoms with van der Waals surface area (Å²) in [4.78, 5) is 24.7. The first-order chi connectivity index (χ1) is 19.9. The number of pyridine rings is 2. The summed E-state index contributed by atoms with van der Waals surface area (Å²) in [5.41, 5.74) is 14.1. The number of aromatic nitrogens is 7. The predicted octanol–water partition coefficient (Wildman–Crippen LogP) is 6.60. The lowest BCUT2D eigenvalue weighted by molar-refractivity contribution is 0.546. The first kappa shape index (κ1) is 27.3. The van der Waals surface area contributed by atoms with Crippen LogP contribution in [0.3, 0.4) is 0 Å². The fourth-order valence-corrected chi connectivity index (χ4v) is 6.26. The SMILES string of the molecule is Nc1ncc(-c2ccnc(Cl)c2F)c(NC2CCCC2)n1.Nc1ncc2c3ccnc(Cl)c3n(C3CCCC3)c2n1. The van der Waals surface area contributed by atoms with Gasteiger partial charge in [-0.25, -0.2) is 24.3 Å². The van der Waals surface area contributed by atoms with Gasteiger partial charge < -0.3 is 21.4 Å². The molecule has 0 unspecified atom stereocenters. The van der Waals surface area contributed by atoms with Gasteiger partial charge in [0.25, 0.3) is 0 Å². The number of fused-ring (bicyclic) bond motifs is 3. The Morgan fingerprint density at radius 2 is 1.44 bits per heavy atom. The fourth-order valence-electron chi connectivity index (χ4n) is 5.85. The second-order valence-electron chi connectivity index (χ2n) is 10.4. The summed E-state index contributed by atoms with van der Waals surface area (Å²) in [5, 5.41) is 5.72. The second kappa shape index (κ2) is 11.6. The summed E-state index contributed by atoms with van der Waals surface area (Å²) in [6.45, 7) is 0. The molecule has 0 radical (unpaired) electrons. The molecule has 10 nitrogen and oxygen atoms in total. The molecule has 2 fully saturated rings. The van der Waals surface area contributed by atoms with Gasteiger partial charge in [-0.2, -0.15) is 9.97 Å². The molecule has 5 heterocycles. The Kier molecular flexibility index (Phi) is 7.72. The van der Waals surface area contributed by atoms with Gasteiger partial charge in [0.1, 0.15) is 11.5 Å². The van der Waals surface area contributed by atoms with Gasteiger partial charge in [-0.05, 0) is 37.8 Å². The molecule has 5 N–H and O–H groups in total. The van der Waals surface area contributed by atoms with Crippen LogP contribution in [0.25, 0.3) is 33.1 Å². The van der Waals surface area contributed by atoms with Gasteiger partial charge in [0.15, 0.2) is 16.1 Å². The molecule has 2 aliphatic rings. The Morgan fingerprint density at radius 3 is 2.22 bits per heavy atom. The number of nitrogens with one attached hydrogen (secondary N) is 1. The van der Waals surface area contributed by atoms with Crippen molar-refractivity contribution in [3.8, 4) is 11.1 Å². The largest absolute Gasteiger partial charge is 0.368 e. The van der Waals surface area contributed by atoms with Crippen LogP contribution in [0.4, 0.5) is 22.1 Å². The average molecular weight is 596 g/mol. The van der Waals surface area contributed by atoms with Crippen LogP contribution < -0.4 is 16.8 Å². The zero-order valence-corrected chi connectivity index (χ0v) is 23.7. The summed E-state index contributed by atoms with van der Waals surface area (Å²) < 4.78 is 16.4. The molecule has 41 heavy (non-hydrogen) atoms. The molecule has 5 aromatic heterocycles. The Labute approximate surface area is 245 Å². The zero-order valence-electron chi connectivity index (χ0n) is 22.2. The summed E-state index contributed by atoms with van der Waals surface area (Å²) in [6, 6.07) is 4.27. The summed E-state index contributed by atoms with van der Waals surface area (Å²) in [7, 11) is 0. The number of hydrogen-bond donors (Lipinski definition) is 3. The lowest BCUT2D eigenvalue weighted by Crippen LogP contribution is -2.17. The van der Waals surface area contributed by atoms with Gasteiger partial charge in [0.05, 0.1) is 5.52 Å². The Bertz CT molecular complexity index is 1710. The Balaban J connectivity index is 0.000000148. The Hall–Kier alpha value is -3.83. The van der Waals surface area contributed by atoms with Gasteiger partial charge >= 0.3 is 0 Å². The molecule has 0 saturated heterocycles. The number of rotatable bonds is 4. The van der Waals surface area contributed by atoms with Crippen LogP contribution in [-0.4, -0.2) is 40.5 Å². The van der Waals surface area contributed by atoms with E-state index in [0.29, 0.717) is 40.1 Å². The average Bonchev–Trinajstić information content (AvgIpc) is 3.72. The summed E-state index contributed by atoms with van der Waals surface area (Å²) in [6.07, 6.45) is 15.8. The van der Waals surface area contributed by atoms with Crippen molar-refractivity contribution in [2.45, 2.75) is 63.5 Å². The van der Waals surface area contributed by atoms with Crippen LogP contribution in [0.2, 0.25) is 10.3 Å². The molecule has 5 aromatic rings. The third kappa shape index (κ3) is 5.43. The van der Waals surface area contributed by atoms with E-state index in [1.54, 1.807) is 18.5 Å². The van der Waals surface area contributed by atoms with E-state index in [9.17, 15) is 4.39 Å². The number of nitrogens with two attached hydrogens (primary N) is 2. The molecular weight excluding hydrogens is 566 g/mol. The van der Waals surface area contributed by atoms with E-state index in [2.05, 4.69) is 39.8 Å². The van der Waals surface area contributed by atoms with E-state index in [0.717, 1.165) is 47.6 Å². The summed E-state index contributed by atoms with van der Waals surface area (Å²) >= 11 is 12.1. The van der Waals surface area contributed by atoms with Crippen LogP contribution in [0.5, 0.6) is 0 Å². The van der Waals surface area contributed by atoms with Crippen LogP contribution in [-0.2, 0) is 0 Å². The standard InChI is InChI=1S/C14H15ClFN5.C14H14ClN5/c15-12-11(16)9(5-6-18-12)10-7-19-14(17)21-13(10)20-8-3-1-2-4-8;15-12-11-9(5-6-17-12)10-7-18-14(16)19-13(10)20(11)8-3-1-2-4-8/h5-8H,1-4H2,(H3,17,19,20,21);5-8H,1-4H2,(H2,16,18,19). The minimum absolute atomic E-state index is 0.153. The van der Waals surface area contributed by atoms with Crippen LogP contribution in [0.15, 0.2) is 36.9 Å². The third-order valence-corrected chi connectivity index (χ3v) is 8.30. The van der Waals surface area contributed by atoms with Gasteiger partial charge in [0.2, 0.25) is 11.9 Å². The summed E-state index contributed by atoms with van der Waals surface area (Å²) in [5.74, 6) is 0.404. The van der Waals surface area contributed by atoms with Gasteiger partial charge in [-0.1, -0.05) is 48.9 Å². The Morgan fingerprint density at radius 1 is 0.780 bits per heavy atom. The quantitative estimate of drug-likeness (QED) is 0.196. The lowest BCUT2D eigenvalue weighted by atomic mass is 10.1. The van der Waals surface area contributed by atoms with E-state index >= 15 is 0 Å². The van der Waals surface area contributed by atoms with E-state index in [1.807, 2.05) is 6.07 Å². The van der Waals surface area contributed by atoms with E-state index < -0.39 is 5.82 Å². The van der Waals surface area contributed by atoms with E-state index in [4.69, 9.17) is 34.7 Å². The normalized spacial score (nSPS) is 15.9.